The lowest BCUT2D eigenvalue weighted by molar-refractivity contribution is -0.124. The highest BCUT2D eigenvalue weighted by Crippen LogP contribution is 2.10. The highest BCUT2D eigenvalue weighted by atomic mass is 16.5. The normalized spacial score (nSPS) is 11.6. The first-order valence-corrected chi connectivity index (χ1v) is 10.7. The van der Waals surface area contributed by atoms with Crippen molar-refractivity contribution in [1.29, 1.82) is 0 Å². The van der Waals surface area contributed by atoms with Gasteiger partial charge in [-0.15, -0.1) is 0 Å². The number of ether oxygens (including phenoxy) is 1. The van der Waals surface area contributed by atoms with Gasteiger partial charge in [-0.25, -0.2) is 0 Å². The van der Waals surface area contributed by atoms with Crippen LogP contribution in [0.5, 0.6) is 0 Å². The van der Waals surface area contributed by atoms with Crippen LogP contribution in [0.4, 0.5) is 0 Å². The van der Waals surface area contributed by atoms with Crippen LogP contribution in [-0.2, 0) is 22.6 Å². The number of aryl methyl sites for hydroxylation is 2. The number of hydrogen-bond donors (Lipinski definition) is 2. The summed E-state index contributed by atoms with van der Waals surface area (Å²) in [5, 5.41) is 5.73. The highest BCUT2D eigenvalue weighted by molar-refractivity contribution is 5.97. The van der Waals surface area contributed by atoms with Crippen LogP contribution < -0.4 is 10.6 Å². The van der Waals surface area contributed by atoms with E-state index in [9.17, 15) is 9.59 Å². The molecular weight excluding hydrogens is 402 g/mol. The molecule has 6 nitrogen and oxygen atoms in total. The Kier molecular flexibility index (Phi) is 8.52. The predicted molar refractivity (Wildman–Crippen MR) is 124 cm³/mol. The van der Waals surface area contributed by atoms with Gasteiger partial charge >= 0.3 is 0 Å². The average Bonchev–Trinajstić information content (AvgIpc) is 2.81. The quantitative estimate of drug-likeness (QED) is 0.516. The van der Waals surface area contributed by atoms with Crippen molar-refractivity contribution in [3.63, 3.8) is 0 Å². The number of nitrogens with one attached hydrogen (secondary N) is 2. The van der Waals surface area contributed by atoms with Gasteiger partial charge in [0.15, 0.2) is 0 Å². The van der Waals surface area contributed by atoms with Crippen LogP contribution in [0.3, 0.4) is 0 Å². The SMILES string of the molecule is Cc1ccc(C(=O)N[C@H](COCc2ccccn2)C(=O)NCCc2ccccc2)cc1C. The molecular formula is C26H29N3O3. The fourth-order valence-electron chi connectivity index (χ4n) is 3.17. The second-order valence-electron chi connectivity index (χ2n) is 7.69. The minimum Gasteiger partial charge on any atom is -0.372 e. The first-order chi connectivity index (χ1) is 15.5. The van der Waals surface area contributed by atoms with E-state index >= 15 is 0 Å². The van der Waals surface area contributed by atoms with E-state index in [0.717, 1.165) is 22.4 Å². The summed E-state index contributed by atoms with van der Waals surface area (Å²) >= 11 is 0. The van der Waals surface area contributed by atoms with E-state index in [2.05, 4.69) is 15.6 Å². The number of carbonyl (C=O) groups is 2. The Morgan fingerprint density at radius 2 is 1.75 bits per heavy atom. The minimum atomic E-state index is -0.816. The van der Waals surface area contributed by atoms with E-state index in [1.54, 1.807) is 12.3 Å². The third-order valence-electron chi connectivity index (χ3n) is 5.21. The van der Waals surface area contributed by atoms with E-state index in [1.807, 2.05) is 74.5 Å². The summed E-state index contributed by atoms with van der Waals surface area (Å²) in [5.41, 5.74) is 4.54. The van der Waals surface area contributed by atoms with Crippen LogP contribution in [0, 0.1) is 13.8 Å². The number of hydrogen-bond acceptors (Lipinski definition) is 4. The second kappa shape index (κ2) is 11.8. The van der Waals surface area contributed by atoms with Gasteiger partial charge in [-0.1, -0.05) is 42.5 Å². The van der Waals surface area contributed by atoms with E-state index in [4.69, 9.17) is 4.74 Å². The lowest BCUT2D eigenvalue weighted by Crippen LogP contribution is -2.49. The second-order valence-corrected chi connectivity index (χ2v) is 7.69. The lowest BCUT2D eigenvalue weighted by Gasteiger charge is -2.19. The third-order valence-corrected chi connectivity index (χ3v) is 5.21. The molecule has 0 fully saturated rings. The lowest BCUT2D eigenvalue weighted by atomic mass is 10.1. The van der Waals surface area contributed by atoms with Crippen LogP contribution in [0.25, 0.3) is 0 Å². The monoisotopic (exact) mass is 431 g/mol. The van der Waals surface area contributed by atoms with E-state index in [-0.39, 0.29) is 25.0 Å². The van der Waals surface area contributed by atoms with Crippen molar-refractivity contribution in [2.75, 3.05) is 13.2 Å². The molecule has 166 valence electrons. The van der Waals surface area contributed by atoms with Crippen molar-refractivity contribution < 1.29 is 14.3 Å². The molecule has 0 aliphatic heterocycles. The van der Waals surface area contributed by atoms with Crippen molar-refractivity contribution in [3.05, 3.63) is 101 Å². The molecule has 3 rings (SSSR count). The van der Waals surface area contributed by atoms with E-state index < -0.39 is 6.04 Å². The number of rotatable bonds is 10. The molecule has 2 aromatic carbocycles. The maximum atomic E-state index is 12.8. The van der Waals surface area contributed by atoms with Crippen LogP contribution >= 0.6 is 0 Å². The molecule has 6 heteroatoms. The van der Waals surface area contributed by atoms with Gasteiger partial charge in [0.2, 0.25) is 5.91 Å². The number of carbonyl (C=O) groups excluding carboxylic acids is 2. The molecule has 32 heavy (non-hydrogen) atoms. The van der Waals surface area contributed by atoms with Crippen LogP contribution in [-0.4, -0.2) is 36.0 Å². The van der Waals surface area contributed by atoms with E-state index in [1.165, 1.54) is 0 Å². The van der Waals surface area contributed by atoms with Gasteiger partial charge in [-0.2, -0.15) is 0 Å². The van der Waals surface area contributed by atoms with Gasteiger partial charge in [-0.3, -0.25) is 14.6 Å². The van der Waals surface area contributed by atoms with Crippen molar-refractivity contribution in [1.82, 2.24) is 15.6 Å². The third kappa shape index (κ3) is 7.03. The summed E-state index contributed by atoms with van der Waals surface area (Å²) in [7, 11) is 0. The number of nitrogens with zero attached hydrogens (tertiary/aromatic N) is 1. The van der Waals surface area contributed by atoms with Gasteiger partial charge < -0.3 is 15.4 Å². The number of pyridine rings is 1. The summed E-state index contributed by atoms with van der Waals surface area (Å²) in [5.74, 6) is -0.586. The molecule has 0 spiro atoms. The Morgan fingerprint density at radius 3 is 2.47 bits per heavy atom. The molecule has 0 bridgehead atoms. The predicted octanol–water partition coefficient (Wildman–Crippen LogP) is 3.37. The molecule has 0 unspecified atom stereocenters. The van der Waals surface area contributed by atoms with Gasteiger partial charge in [0, 0.05) is 18.3 Å². The van der Waals surface area contributed by atoms with Gasteiger partial charge in [0.25, 0.3) is 5.91 Å². The number of aromatic nitrogens is 1. The molecule has 3 aromatic rings. The molecule has 0 saturated carbocycles. The highest BCUT2D eigenvalue weighted by Gasteiger charge is 2.22. The fraction of sp³-hybridized carbons (Fsp3) is 0.269. The molecule has 0 aliphatic rings. The summed E-state index contributed by atoms with van der Waals surface area (Å²) < 4.78 is 5.71. The zero-order valence-corrected chi connectivity index (χ0v) is 18.5. The number of amides is 2. The fourth-order valence-corrected chi connectivity index (χ4v) is 3.17. The summed E-state index contributed by atoms with van der Waals surface area (Å²) in [6.07, 6.45) is 2.40. The smallest absolute Gasteiger partial charge is 0.252 e. The average molecular weight is 432 g/mol. The molecule has 1 atom stereocenters. The molecule has 0 aliphatic carbocycles. The topological polar surface area (TPSA) is 80.3 Å². The minimum absolute atomic E-state index is 0.0460. The van der Waals surface area contributed by atoms with E-state index in [0.29, 0.717) is 18.5 Å². The Balaban J connectivity index is 1.61. The van der Waals surface area contributed by atoms with Gasteiger partial charge in [0.1, 0.15) is 6.04 Å². The molecule has 1 aromatic heterocycles. The summed E-state index contributed by atoms with van der Waals surface area (Å²) in [4.78, 5) is 29.9. The largest absolute Gasteiger partial charge is 0.372 e. The Bertz CT molecular complexity index is 1020. The van der Waals surface area contributed by atoms with Crippen molar-refractivity contribution in [2.24, 2.45) is 0 Å². The molecule has 0 saturated heterocycles. The van der Waals surface area contributed by atoms with Crippen LogP contribution in [0.2, 0.25) is 0 Å². The van der Waals surface area contributed by atoms with Gasteiger partial charge in [-0.05, 0) is 61.2 Å². The van der Waals surface area contributed by atoms with Gasteiger partial charge in [0.05, 0.1) is 18.9 Å². The molecule has 2 amide bonds. The maximum Gasteiger partial charge on any atom is 0.252 e. The zero-order valence-electron chi connectivity index (χ0n) is 18.5. The Morgan fingerprint density at radius 1 is 0.969 bits per heavy atom. The first-order valence-electron chi connectivity index (χ1n) is 10.7. The summed E-state index contributed by atoms with van der Waals surface area (Å²) in [6.45, 7) is 4.72. The van der Waals surface area contributed by atoms with Crippen LogP contribution in [0.15, 0.2) is 72.9 Å². The maximum absolute atomic E-state index is 12.8. The summed E-state index contributed by atoms with van der Waals surface area (Å²) in [6, 6.07) is 20.1. The Labute approximate surface area is 189 Å². The zero-order chi connectivity index (χ0) is 22.8. The van der Waals surface area contributed by atoms with Crippen LogP contribution in [0.1, 0.15) is 32.7 Å². The van der Waals surface area contributed by atoms with Crippen molar-refractivity contribution in [3.8, 4) is 0 Å². The standard InChI is InChI=1S/C26H29N3O3/c1-19-11-12-22(16-20(19)2)25(30)29-24(18-32-17-23-10-6-7-14-27-23)26(31)28-15-13-21-8-4-3-5-9-21/h3-12,14,16,24H,13,15,17-18H2,1-2H3,(H,28,31)(H,29,30)/t24-/m1/s1. The molecule has 1 heterocycles. The Hall–Kier alpha value is -3.51. The molecule has 0 radical (unpaired) electrons. The first kappa shape index (κ1) is 23.2. The molecule has 2 N–H and O–H groups in total. The van der Waals surface area contributed by atoms with Crippen molar-refractivity contribution in [2.45, 2.75) is 32.9 Å². The van der Waals surface area contributed by atoms with Crippen molar-refractivity contribution >= 4 is 11.8 Å². The number of benzene rings is 2.